The molecule has 0 saturated carbocycles. The van der Waals surface area contributed by atoms with Crippen molar-refractivity contribution in [1.82, 2.24) is 4.90 Å². The number of nitrogens with two attached hydrogens (primary N) is 1. The molecule has 1 atom stereocenters. The van der Waals surface area contributed by atoms with E-state index in [4.69, 9.17) is 11.0 Å². The van der Waals surface area contributed by atoms with E-state index in [2.05, 4.69) is 24.8 Å². The molecule has 1 rings (SSSR count). The Kier molecular flexibility index (Phi) is 4.97. The van der Waals surface area contributed by atoms with Crippen molar-refractivity contribution >= 4 is 0 Å². The number of likely N-dealkylation sites (N-methyl/N-ethyl adjacent to an activating group) is 1. The smallest absolute Gasteiger partial charge is 0.0995 e. The summed E-state index contributed by atoms with van der Waals surface area (Å²) < 4.78 is 0. The fourth-order valence-electron chi connectivity index (χ4n) is 1.95. The van der Waals surface area contributed by atoms with E-state index in [1.807, 2.05) is 24.3 Å². The van der Waals surface area contributed by atoms with E-state index in [0.717, 1.165) is 24.2 Å². The topological polar surface area (TPSA) is 53.0 Å². The third-order valence-electron chi connectivity index (χ3n) is 2.90. The third-order valence-corrected chi connectivity index (χ3v) is 2.90. The second-order valence-electron chi connectivity index (χ2n) is 3.79. The van der Waals surface area contributed by atoms with Crippen molar-refractivity contribution in [3.63, 3.8) is 0 Å². The Labute approximate surface area is 97.5 Å². The first-order chi connectivity index (χ1) is 7.74. The summed E-state index contributed by atoms with van der Waals surface area (Å²) in [6.45, 7) is 6.68. The van der Waals surface area contributed by atoms with Crippen molar-refractivity contribution in [2.75, 3.05) is 19.6 Å². The van der Waals surface area contributed by atoms with Crippen LogP contribution in [0.5, 0.6) is 0 Å². The van der Waals surface area contributed by atoms with Gasteiger partial charge in [-0.05, 0) is 25.1 Å². The Balaban J connectivity index is 2.94. The van der Waals surface area contributed by atoms with Crippen LogP contribution in [0.25, 0.3) is 0 Å². The van der Waals surface area contributed by atoms with Crippen molar-refractivity contribution in [2.45, 2.75) is 19.9 Å². The summed E-state index contributed by atoms with van der Waals surface area (Å²) in [7, 11) is 0. The van der Waals surface area contributed by atoms with Crippen LogP contribution in [0.1, 0.15) is 31.0 Å². The Morgan fingerprint density at radius 3 is 2.69 bits per heavy atom. The van der Waals surface area contributed by atoms with Crippen LogP contribution in [0.2, 0.25) is 0 Å². The van der Waals surface area contributed by atoms with Crippen molar-refractivity contribution in [2.24, 2.45) is 5.73 Å². The first-order valence-corrected chi connectivity index (χ1v) is 5.67. The van der Waals surface area contributed by atoms with Crippen LogP contribution >= 0.6 is 0 Å². The van der Waals surface area contributed by atoms with Gasteiger partial charge in [-0.15, -0.1) is 0 Å². The highest BCUT2D eigenvalue weighted by Crippen LogP contribution is 2.22. The Hall–Kier alpha value is -1.37. The molecule has 3 nitrogen and oxygen atoms in total. The van der Waals surface area contributed by atoms with Gasteiger partial charge in [-0.2, -0.15) is 5.26 Å². The van der Waals surface area contributed by atoms with Crippen molar-refractivity contribution in [1.29, 1.82) is 5.26 Å². The number of nitrogens with zero attached hydrogens (tertiary/aromatic N) is 2. The van der Waals surface area contributed by atoms with Gasteiger partial charge in [0.15, 0.2) is 0 Å². The lowest BCUT2D eigenvalue weighted by molar-refractivity contribution is 0.228. The van der Waals surface area contributed by atoms with E-state index in [1.54, 1.807) is 0 Å². The van der Waals surface area contributed by atoms with Gasteiger partial charge in [0.25, 0.3) is 0 Å². The van der Waals surface area contributed by atoms with Crippen LogP contribution in [-0.2, 0) is 0 Å². The maximum atomic E-state index is 9.06. The highest BCUT2D eigenvalue weighted by Gasteiger charge is 2.15. The standard InChI is InChI=1S/C13H19N3/c1-3-16(9-8-14)11(2)13-7-5-4-6-12(13)10-15/h4-7,11H,3,8-9,14H2,1-2H3. The molecule has 0 fully saturated rings. The van der Waals surface area contributed by atoms with Crippen molar-refractivity contribution in [3.05, 3.63) is 35.4 Å². The highest BCUT2D eigenvalue weighted by atomic mass is 15.1. The van der Waals surface area contributed by atoms with E-state index in [1.165, 1.54) is 0 Å². The van der Waals surface area contributed by atoms with Crippen LogP contribution in [0.15, 0.2) is 24.3 Å². The molecule has 0 heterocycles. The summed E-state index contributed by atoms with van der Waals surface area (Å²) in [6.07, 6.45) is 0. The van der Waals surface area contributed by atoms with Gasteiger partial charge in [0, 0.05) is 19.1 Å². The number of benzene rings is 1. The first-order valence-electron chi connectivity index (χ1n) is 5.67. The summed E-state index contributed by atoms with van der Waals surface area (Å²) >= 11 is 0. The molecule has 0 spiro atoms. The minimum Gasteiger partial charge on any atom is -0.329 e. The molecular formula is C13H19N3. The van der Waals surface area contributed by atoms with Crippen molar-refractivity contribution < 1.29 is 0 Å². The molecule has 1 unspecified atom stereocenters. The van der Waals surface area contributed by atoms with Gasteiger partial charge >= 0.3 is 0 Å². The Bertz CT molecular complexity index is 368. The largest absolute Gasteiger partial charge is 0.329 e. The average Bonchev–Trinajstić information content (AvgIpc) is 2.35. The Morgan fingerprint density at radius 2 is 2.12 bits per heavy atom. The summed E-state index contributed by atoms with van der Waals surface area (Å²) in [5, 5.41) is 9.06. The SMILES string of the molecule is CCN(CCN)C(C)c1ccccc1C#N. The molecule has 0 aliphatic heterocycles. The molecular weight excluding hydrogens is 198 g/mol. The fraction of sp³-hybridized carbons (Fsp3) is 0.462. The molecule has 2 N–H and O–H groups in total. The molecule has 16 heavy (non-hydrogen) atoms. The monoisotopic (exact) mass is 217 g/mol. The molecule has 1 aromatic rings. The van der Waals surface area contributed by atoms with Crippen LogP contribution < -0.4 is 5.73 Å². The number of rotatable bonds is 5. The minimum atomic E-state index is 0.240. The summed E-state index contributed by atoms with van der Waals surface area (Å²) in [4.78, 5) is 2.27. The van der Waals surface area contributed by atoms with E-state index < -0.39 is 0 Å². The van der Waals surface area contributed by atoms with Crippen LogP contribution in [0.4, 0.5) is 0 Å². The molecule has 3 heteroatoms. The molecule has 0 amide bonds. The van der Waals surface area contributed by atoms with Crippen LogP contribution in [-0.4, -0.2) is 24.5 Å². The van der Waals surface area contributed by atoms with Crippen LogP contribution in [0, 0.1) is 11.3 Å². The number of hydrogen-bond acceptors (Lipinski definition) is 3. The van der Waals surface area contributed by atoms with Crippen molar-refractivity contribution in [3.8, 4) is 6.07 Å². The van der Waals surface area contributed by atoms with Crippen LogP contribution in [0.3, 0.4) is 0 Å². The van der Waals surface area contributed by atoms with E-state index in [9.17, 15) is 0 Å². The lowest BCUT2D eigenvalue weighted by atomic mass is 10.0. The first kappa shape index (κ1) is 12.7. The van der Waals surface area contributed by atoms with E-state index in [0.29, 0.717) is 6.54 Å². The average molecular weight is 217 g/mol. The molecule has 0 bridgehead atoms. The third kappa shape index (κ3) is 2.82. The molecule has 0 radical (unpaired) electrons. The zero-order valence-corrected chi connectivity index (χ0v) is 9.98. The predicted molar refractivity (Wildman–Crippen MR) is 65.9 cm³/mol. The minimum absolute atomic E-state index is 0.240. The second-order valence-corrected chi connectivity index (χ2v) is 3.79. The maximum Gasteiger partial charge on any atom is 0.0995 e. The zero-order valence-electron chi connectivity index (χ0n) is 9.98. The summed E-state index contributed by atoms with van der Waals surface area (Å²) in [5.74, 6) is 0. The predicted octanol–water partition coefficient (Wildman–Crippen LogP) is 1.90. The van der Waals surface area contributed by atoms with Gasteiger partial charge in [-0.3, -0.25) is 4.90 Å². The number of hydrogen-bond donors (Lipinski definition) is 1. The lowest BCUT2D eigenvalue weighted by Crippen LogP contribution is -2.32. The van der Waals surface area contributed by atoms with Gasteiger partial charge in [0.2, 0.25) is 0 Å². The van der Waals surface area contributed by atoms with E-state index >= 15 is 0 Å². The summed E-state index contributed by atoms with van der Waals surface area (Å²) in [6, 6.07) is 10.2. The van der Waals surface area contributed by atoms with Gasteiger partial charge in [0.05, 0.1) is 11.6 Å². The normalized spacial score (nSPS) is 12.4. The molecule has 1 aromatic carbocycles. The van der Waals surface area contributed by atoms with Gasteiger partial charge in [-0.1, -0.05) is 25.1 Å². The number of nitriles is 1. The molecule has 0 aromatic heterocycles. The molecule has 0 aliphatic rings. The fourth-order valence-corrected chi connectivity index (χ4v) is 1.95. The Morgan fingerprint density at radius 1 is 1.44 bits per heavy atom. The zero-order chi connectivity index (χ0) is 12.0. The maximum absolute atomic E-state index is 9.06. The second kappa shape index (κ2) is 6.26. The summed E-state index contributed by atoms with van der Waals surface area (Å²) in [5.41, 5.74) is 7.42. The highest BCUT2D eigenvalue weighted by molar-refractivity contribution is 5.39. The van der Waals surface area contributed by atoms with E-state index in [-0.39, 0.29) is 6.04 Å². The quantitative estimate of drug-likeness (QED) is 0.819. The van der Waals surface area contributed by atoms with Gasteiger partial charge < -0.3 is 5.73 Å². The lowest BCUT2D eigenvalue weighted by Gasteiger charge is -2.28. The van der Waals surface area contributed by atoms with Gasteiger partial charge in [-0.25, -0.2) is 0 Å². The molecule has 0 saturated heterocycles. The molecule has 86 valence electrons. The molecule has 0 aliphatic carbocycles. The van der Waals surface area contributed by atoms with Gasteiger partial charge in [0.1, 0.15) is 0 Å².